The maximum atomic E-state index is 11.4. The summed E-state index contributed by atoms with van der Waals surface area (Å²) in [5, 5.41) is 2.46. The van der Waals surface area contributed by atoms with E-state index in [9.17, 15) is 9.59 Å². The standard InChI is InChI=1S/C9H19N3O2S/c1-2-3-4-6(10)9(14)12-7(5-15)8(11)13/h6-7,15H,2-5,10H2,1H3,(H2,11,13)(H,12,14)/t6-,7-/m0/s1. The summed E-state index contributed by atoms with van der Waals surface area (Å²) in [4.78, 5) is 22.3. The number of thiol groups is 1. The van der Waals surface area contributed by atoms with E-state index in [2.05, 4.69) is 17.9 Å². The molecular weight excluding hydrogens is 214 g/mol. The van der Waals surface area contributed by atoms with E-state index in [0.29, 0.717) is 6.42 Å². The highest BCUT2D eigenvalue weighted by Crippen LogP contribution is 1.99. The molecule has 6 heteroatoms. The van der Waals surface area contributed by atoms with Crippen LogP contribution in [0.4, 0.5) is 0 Å². The lowest BCUT2D eigenvalue weighted by Crippen LogP contribution is -2.51. The molecule has 0 aliphatic carbocycles. The van der Waals surface area contributed by atoms with Gasteiger partial charge in [-0.25, -0.2) is 0 Å². The zero-order valence-corrected chi connectivity index (χ0v) is 9.80. The van der Waals surface area contributed by atoms with Crippen molar-refractivity contribution < 1.29 is 9.59 Å². The number of primary amides is 1. The van der Waals surface area contributed by atoms with Gasteiger partial charge in [-0.2, -0.15) is 12.6 Å². The molecular formula is C9H19N3O2S. The fourth-order valence-electron chi connectivity index (χ4n) is 1.04. The normalized spacial score (nSPS) is 14.3. The van der Waals surface area contributed by atoms with E-state index < -0.39 is 18.0 Å². The second kappa shape index (κ2) is 7.53. The molecule has 0 heterocycles. The van der Waals surface area contributed by atoms with Gasteiger partial charge in [-0.15, -0.1) is 0 Å². The number of carbonyl (C=O) groups excluding carboxylic acids is 2. The van der Waals surface area contributed by atoms with E-state index in [4.69, 9.17) is 11.5 Å². The van der Waals surface area contributed by atoms with Gasteiger partial charge in [-0.3, -0.25) is 9.59 Å². The summed E-state index contributed by atoms with van der Waals surface area (Å²) >= 11 is 3.91. The predicted octanol–water partition coefficient (Wildman–Crippen LogP) is -0.596. The van der Waals surface area contributed by atoms with Crippen molar-refractivity contribution in [3.05, 3.63) is 0 Å². The lowest BCUT2D eigenvalue weighted by Gasteiger charge is -2.16. The third-order valence-corrected chi connectivity index (χ3v) is 2.41. The molecule has 0 aliphatic heterocycles. The Bertz CT molecular complexity index is 223. The minimum Gasteiger partial charge on any atom is -0.368 e. The van der Waals surface area contributed by atoms with E-state index in [0.717, 1.165) is 12.8 Å². The first-order chi connectivity index (χ1) is 7.02. The molecule has 0 saturated heterocycles. The second-order valence-electron chi connectivity index (χ2n) is 3.39. The van der Waals surface area contributed by atoms with E-state index in [1.54, 1.807) is 0 Å². The second-order valence-corrected chi connectivity index (χ2v) is 3.76. The Morgan fingerprint density at radius 2 is 2.07 bits per heavy atom. The van der Waals surface area contributed by atoms with Crippen LogP contribution in [0.5, 0.6) is 0 Å². The molecule has 0 unspecified atom stereocenters. The lowest BCUT2D eigenvalue weighted by atomic mass is 10.1. The van der Waals surface area contributed by atoms with Gasteiger partial charge in [0.05, 0.1) is 6.04 Å². The van der Waals surface area contributed by atoms with Crippen LogP contribution in [0.15, 0.2) is 0 Å². The van der Waals surface area contributed by atoms with Crippen LogP contribution in [0.25, 0.3) is 0 Å². The molecule has 15 heavy (non-hydrogen) atoms. The molecule has 0 aromatic rings. The van der Waals surface area contributed by atoms with Gasteiger partial charge in [0.25, 0.3) is 0 Å². The van der Waals surface area contributed by atoms with Crippen molar-refractivity contribution >= 4 is 24.4 Å². The maximum Gasteiger partial charge on any atom is 0.240 e. The monoisotopic (exact) mass is 233 g/mol. The molecule has 0 aromatic carbocycles. The molecule has 0 aliphatic rings. The Morgan fingerprint density at radius 1 is 1.47 bits per heavy atom. The van der Waals surface area contributed by atoms with Crippen molar-refractivity contribution in [2.24, 2.45) is 11.5 Å². The van der Waals surface area contributed by atoms with Gasteiger partial charge < -0.3 is 16.8 Å². The van der Waals surface area contributed by atoms with Crippen LogP contribution in [0.3, 0.4) is 0 Å². The highest BCUT2D eigenvalue weighted by atomic mass is 32.1. The van der Waals surface area contributed by atoms with Gasteiger partial charge in [0.1, 0.15) is 6.04 Å². The minimum atomic E-state index is -0.742. The fraction of sp³-hybridized carbons (Fsp3) is 0.778. The molecule has 2 amide bonds. The van der Waals surface area contributed by atoms with E-state index in [-0.39, 0.29) is 11.7 Å². The van der Waals surface area contributed by atoms with Crippen LogP contribution in [-0.4, -0.2) is 29.7 Å². The average Bonchev–Trinajstić information content (AvgIpc) is 2.21. The topological polar surface area (TPSA) is 98.2 Å². The Balaban J connectivity index is 4.04. The average molecular weight is 233 g/mol. The van der Waals surface area contributed by atoms with Gasteiger partial charge in [0.15, 0.2) is 0 Å². The molecule has 0 bridgehead atoms. The molecule has 2 atom stereocenters. The van der Waals surface area contributed by atoms with Gasteiger partial charge >= 0.3 is 0 Å². The van der Waals surface area contributed by atoms with E-state index >= 15 is 0 Å². The third-order valence-electron chi connectivity index (χ3n) is 2.05. The number of nitrogens with one attached hydrogen (secondary N) is 1. The van der Waals surface area contributed by atoms with Crippen molar-refractivity contribution in [2.45, 2.75) is 38.3 Å². The first-order valence-corrected chi connectivity index (χ1v) is 5.62. The van der Waals surface area contributed by atoms with Gasteiger partial charge in [-0.05, 0) is 6.42 Å². The van der Waals surface area contributed by atoms with Crippen molar-refractivity contribution in [3.63, 3.8) is 0 Å². The molecule has 5 nitrogen and oxygen atoms in total. The minimum absolute atomic E-state index is 0.182. The Morgan fingerprint density at radius 3 is 2.47 bits per heavy atom. The van der Waals surface area contributed by atoms with E-state index in [1.165, 1.54) is 0 Å². The van der Waals surface area contributed by atoms with Crippen LogP contribution in [0.2, 0.25) is 0 Å². The van der Waals surface area contributed by atoms with Gasteiger partial charge in [-0.1, -0.05) is 19.8 Å². The number of hydrogen-bond acceptors (Lipinski definition) is 4. The largest absolute Gasteiger partial charge is 0.368 e. The lowest BCUT2D eigenvalue weighted by molar-refractivity contribution is -0.127. The zero-order valence-electron chi connectivity index (χ0n) is 8.90. The molecule has 0 fully saturated rings. The third kappa shape index (κ3) is 5.64. The molecule has 0 spiro atoms. The highest BCUT2D eigenvalue weighted by molar-refractivity contribution is 7.80. The number of hydrogen-bond donors (Lipinski definition) is 4. The number of nitrogens with two attached hydrogens (primary N) is 2. The van der Waals surface area contributed by atoms with Gasteiger partial charge in [0.2, 0.25) is 11.8 Å². The van der Waals surface area contributed by atoms with Crippen LogP contribution < -0.4 is 16.8 Å². The van der Waals surface area contributed by atoms with Crippen molar-refractivity contribution in [3.8, 4) is 0 Å². The molecule has 0 aromatic heterocycles. The van der Waals surface area contributed by atoms with Crippen LogP contribution >= 0.6 is 12.6 Å². The number of amides is 2. The van der Waals surface area contributed by atoms with Crippen LogP contribution in [0.1, 0.15) is 26.2 Å². The van der Waals surface area contributed by atoms with Crippen molar-refractivity contribution in [2.75, 3.05) is 5.75 Å². The summed E-state index contributed by atoms with van der Waals surface area (Å²) < 4.78 is 0. The van der Waals surface area contributed by atoms with Gasteiger partial charge in [0, 0.05) is 5.75 Å². The Labute approximate surface area is 95.4 Å². The predicted molar refractivity (Wildman–Crippen MR) is 62.5 cm³/mol. The van der Waals surface area contributed by atoms with Crippen molar-refractivity contribution in [1.82, 2.24) is 5.32 Å². The summed E-state index contributed by atoms with van der Waals surface area (Å²) in [7, 11) is 0. The molecule has 5 N–H and O–H groups in total. The van der Waals surface area contributed by atoms with E-state index in [1.807, 2.05) is 6.92 Å². The van der Waals surface area contributed by atoms with Crippen LogP contribution in [0, 0.1) is 0 Å². The number of unbranched alkanes of at least 4 members (excludes halogenated alkanes) is 1. The molecule has 0 saturated carbocycles. The Kier molecular flexibility index (Phi) is 7.15. The Hall–Kier alpha value is -0.750. The fourth-order valence-corrected chi connectivity index (χ4v) is 1.31. The summed E-state index contributed by atoms with van der Waals surface area (Å²) in [6, 6.07) is -1.32. The SMILES string of the molecule is CCCC[C@H](N)C(=O)N[C@@H](CS)C(N)=O. The van der Waals surface area contributed by atoms with Crippen LogP contribution in [-0.2, 0) is 9.59 Å². The summed E-state index contributed by atoms with van der Waals surface area (Å²) in [5.74, 6) is -0.760. The highest BCUT2D eigenvalue weighted by Gasteiger charge is 2.19. The molecule has 88 valence electrons. The van der Waals surface area contributed by atoms with Crippen molar-refractivity contribution in [1.29, 1.82) is 0 Å². The first-order valence-electron chi connectivity index (χ1n) is 4.99. The smallest absolute Gasteiger partial charge is 0.240 e. The molecule has 0 rings (SSSR count). The first kappa shape index (κ1) is 14.2. The summed E-state index contributed by atoms with van der Waals surface area (Å²) in [6.07, 6.45) is 2.48. The molecule has 0 radical (unpaired) electrons. The zero-order chi connectivity index (χ0) is 11.8. The quantitative estimate of drug-likeness (QED) is 0.442. The summed E-state index contributed by atoms with van der Waals surface area (Å²) in [6.45, 7) is 2.02. The number of carbonyl (C=O) groups is 2. The summed E-state index contributed by atoms with van der Waals surface area (Å²) in [5.41, 5.74) is 10.7. The number of rotatable bonds is 7. The maximum absolute atomic E-state index is 11.4.